The lowest BCUT2D eigenvalue weighted by Gasteiger charge is -2.11. The molecule has 1 amide bonds. The number of carbonyl (C=O) groups excluding carboxylic acids is 1. The summed E-state index contributed by atoms with van der Waals surface area (Å²) < 4.78 is 16.5. The summed E-state index contributed by atoms with van der Waals surface area (Å²) in [4.78, 5) is 21.1. The van der Waals surface area contributed by atoms with Gasteiger partial charge in [0, 0.05) is 17.7 Å². The molecular weight excluding hydrogens is 408 g/mol. The zero-order valence-corrected chi connectivity index (χ0v) is 18.4. The second-order valence-corrected chi connectivity index (χ2v) is 7.46. The molecule has 32 heavy (non-hydrogen) atoms. The highest BCUT2D eigenvalue weighted by Gasteiger charge is 2.20. The molecule has 0 atom stereocenters. The number of amides is 1. The third-order valence-electron chi connectivity index (χ3n) is 5.20. The molecule has 0 aliphatic rings. The molecule has 0 bridgehead atoms. The Morgan fingerprint density at radius 3 is 2.66 bits per heavy atom. The predicted octanol–water partition coefficient (Wildman–Crippen LogP) is 3.91. The lowest BCUT2D eigenvalue weighted by molar-refractivity contribution is -0.123. The Hall–Kier alpha value is -3.94. The van der Waals surface area contributed by atoms with Gasteiger partial charge in [0.05, 0.1) is 7.11 Å². The number of rotatable bonds is 7. The minimum absolute atomic E-state index is 0.210. The first-order chi connectivity index (χ1) is 15.5. The molecule has 0 radical (unpaired) electrons. The van der Waals surface area contributed by atoms with E-state index in [1.165, 1.54) is 5.56 Å². The van der Waals surface area contributed by atoms with Crippen LogP contribution >= 0.6 is 0 Å². The van der Waals surface area contributed by atoms with Crippen molar-refractivity contribution in [1.82, 2.24) is 20.4 Å². The van der Waals surface area contributed by atoms with Crippen molar-refractivity contribution in [3.8, 4) is 22.9 Å². The Balaban J connectivity index is 1.54. The number of nitrogens with zero attached hydrogens (tertiary/aromatic N) is 3. The standard InChI is InChI=1S/C24H24N4O4/c1-14-9-10-17(11-15(14)2)22-21-23(26-16(3)27-24(21)32-28-22)31-13-20(29)25-12-18-7-5-6-8-19(18)30-4/h5-11H,12-13H2,1-4H3,(H,25,29). The van der Waals surface area contributed by atoms with Gasteiger partial charge >= 0.3 is 0 Å². The van der Waals surface area contributed by atoms with Gasteiger partial charge in [-0.2, -0.15) is 9.97 Å². The summed E-state index contributed by atoms with van der Waals surface area (Å²) in [6.07, 6.45) is 0. The number of para-hydroxylation sites is 1. The van der Waals surface area contributed by atoms with Crippen LogP contribution < -0.4 is 14.8 Å². The average molecular weight is 432 g/mol. The van der Waals surface area contributed by atoms with Gasteiger partial charge in [0.25, 0.3) is 11.6 Å². The number of fused-ring (bicyclic) bond motifs is 1. The van der Waals surface area contributed by atoms with Gasteiger partial charge < -0.3 is 19.3 Å². The molecular formula is C24H24N4O4. The highest BCUT2D eigenvalue weighted by Crippen LogP contribution is 2.33. The first-order valence-corrected chi connectivity index (χ1v) is 10.2. The number of ether oxygens (including phenoxy) is 2. The van der Waals surface area contributed by atoms with Crippen molar-refractivity contribution in [1.29, 1.82) is 0 Å². The van der Waals surface area contributed by atoms with Crippen molar-refractivity contribution in [2.45, 2.75) is 27.3 Å². The molecule has 8 nitrogen and oxygen atoms in total. The summed E-state index contributed by atoms with van der Waals surface area (Å²) in [5.41, 5.74) is 4.94. The Morgan fingerprint density at radius 1 is 1.06 bits per heavy atom. The number of hydrogen-bond donors (Lipinski definition) is 1. The minimum atomic E-state index is -0.287. The molecule has 0 saturated heterocycles. The maximum Gasteiger partial charge on any atom is 0.265 e. The fourth-order valence-electron chi connectivity index (χ4n) is 3.34. The number of hydrogen-bond acceptors (Lipinski definition) is 7. The van der Waals surface area contributed by atoms with Crippen molar-refractivity contribution in [2.24, 2.45) is 0 Å². The largest absolute Gasteiger partial charge is 0.496 e. The normalized spacial score (nSPS) is 10.9. The van der Waals surface area contributed by atoms with Crippen molar-refractivity contribution >= 4 is 17.0 Å². The third kappa shape index (κ3) is 4.39. The SMILES string of the molecule is COc1ccccc1CNC(=O)COc1nc(C)nc2onc(-c3ccc(C)c(C)c3)c12. The molecule has 4 rings (SSSR count). The molecule has 0 aliphatic carbocycles. The van der Waals surface area contributed by atoms with Crippen LogP contribution in [0.15, 0.2) is 47.0 Å². The molecule has 0 aliphatic heterocycles. The van der Waals surface area contributed by atoms with Gasteiger partial charge in [0.15, 0.2) is 6.61 Å². The van der Waals surface area contributed by atoms with Crippen molar-refractivity contribution < 1.29 is 18.8 Å². The Morgan fingerprint density at radius 2 is 1.88 bits per heavy atom. The Labute approximate surface area is 185 Å². The second kappa shape index (κ2) is 9.05. The first kappa shape index (κ1) is 21.3. The van der Waals surface area contributed by atoms with E-state index in [4.69, 9.17) is 14.0 Å². The number of aryl methyl sites for hydroxylation is 3. The van der Waals surface area contributed by atoms with E-state index in [0.29, 0.717) is 34.9 Å². The molecule has 2 aromatic heterocycles. The van der Waals surface area contributed by atoms with Crippen LogP contribution in [0.4, 0.5) is 0 Å². The van der Waals surface area contributed by atoms with Crippen LogP contribution in [-0.2, 0) is 11.3 Å². The highest BCUT2D eigenvalue weighted by atomic mass is 16.5. The van der Waals surface area contributed by atoms with Gasteiger partial charge in [-0.3, -0.25) is 4.79 Å². The summed E-state index contributed by atoms with van der Waals surface area (Å²) in [7, 11) is 1.60. The molecule has 0 unspecified atom stereocenters. The maximum absolute atomic E-state index is 12.4. The van der Waals surface area contributed by atoms with Gasteiger partial charge in [-0.15, -0.1) is 0 Å². The third-order valence-corrected chi connectivity index (χ3v) is 5.20. The van der Waals surface area contributed by atoms with Gasteiger partial charge in [-0.25, -0.2) is 0 Å². The van der Waals surface area contributed by atoms with E-state index < -0.39 is 0 Å². The second-order valence-electron chi connectivity index (χ2n) is 7.46. The first-order valence-electron chi connectivity index (χ1n) is 10.2. The maximum atomic E-state index is 12.4. The van der Waals surface area contributed by atoms with Crippen LogP contribution in [0.1, 0.15) is 22.5 Å². The van der Waals surface area contributed by atoms with E-state index >= 15 is 0 Å². The number of aromatic nitrogens is 3. The summed E-state index contributed by atoms with van der Waals surface area (Å²) in [5.74, 6) is 1.15. The van der Waals surface area contributed by atoms with Gasteiger partial charge in [-0.05, 0) is 44.0 Å². The van der Waals surface area contributed by atoms with E-state index in [2.05, 4.69) is 20.4 Å². The van der Waals surface area contributed by atoms with E-state index in [1.54, 1.807) is 14.0 Å². The zero-order valence-electron chi connectivity index (χ0n) is 18.4. The fraction of sp³-hybridized carbons (Fsp3) is 0.250. The number of methoxy groups -OCH3 is 1. The monoisotopic (exact) mass is 432 g/mol. The van der Waals surface area contributed by atoms with Gasteiger partial charge in [0.2, 0.25) is 5.88 Å². The molecule has 1 N–H and O–H groups in total. The molecule has 4 aromatic rings. The van der Waals surface area contributed by atoms with Gasteiger partial charge in [0.1, 0.15) is 22.7 Å². The summed E-state index contributed by atoms with van der Waals surface area (Å²) in [5, 5.41) is 7.56. The number of benzene rings is 2. The van der Waals surface area contributed by atoms with Crippen molar-refractivity contribution in [3.63, 3.8) is 0 Å². The van der Waals surface area contributed by atoms with Crippen LogP contribution in [0, 0.1) is 20.8 Å². The predicted molar refractivity (Wildman–Crippen MR) is 120 cm³/mol. The molecule has 2 aromatic carbocycles. The lowest BCUT2D eigenvalue weighted by atomic mass is 10.0. The van der Waals surface area contributed by atoms with E-state index in [-0.39, 0.29) is 18.4 Å². The molecule has 0 spiro atoms. The lowest BCUT2D eigenvalue weighted by Crippen LogP contribution is -2.28. The van der Waals surface area contributed by atoms with Crippen molar-refractivity contribution in [2.75, 3.05) is 13.7 Å². The van der Waals surface area contributed by atoms with E-state index in [1.807, 2.05) is 56.3 Å². The van der Waals surface area contributed by atoms with Crippen LogP contribution in [0.2, 0.25) is 0 Å². The summed E-state index contributed by atoms with van der Waals surface area (Å²) in [6.45, 7) is 5.92. The average Bonchev–Trinajstić information content (AvgIpc) is 3.21. The molecule has 8 heteroatoms. The van der Waals surface area contributed by atoms with E-state index in [0.717, 1.165) is 16.7 Å². The molecule has 0 saturated carbocycles. The van der Waals surface area contributed by atoms with Crippen LogP contribution in [0.25, 0.3) is 22.4 Å². The minimum Gasteiger partial charge on any atom is -0.496 e. The zero-order chi connectivity index (χ0) is 22.7. The van der Waals surface area contributed by atoms with Gasteiger partial charge in [-0.1, -0.05) is 35.5 Å². The van der Waals surface area contributed by atoms with Crippen LogP contribution in [-0.4, -0.2) is 34.7 Å². The quantitative estimate of drug-likeness (QED) is 0.473. The highest BCUT2D eigenvalue weighted by molar-refractivity contribution is 5.93. The van der Waals surface area contributed by atoms with E-state index in [9.17, 15) is 4.79 Å². The smallest absolute Gasteiger partial charge is 0.265 e. The van der Waals surface area contributed by atoms with Crippen molar-refractivity contribution in [3.05, 3.63) is 65.0 Å². The Kier molecular flexibility index (Phi) is 6.02. The molecule has 2 heterocycles. The molecule has 164 valence electrons. The van der Waals surface area contributed by atoms with Crippen LogP contribution in [0.5, 0.6) is 11.6 Å². The number of carbonyl (C=O) groups is 1. The summed E-state index contributed by atoms with van der Waals surface area (Å²) in [6, 6.07) is 13.5. The molecule has 0 fully saturated rings. The van der Waals surface area contributed by atoms with Crippen LogP contribution in [0.3, 0.4) is 0 Å². The number of nitrogens with one attached hydrogen (secondary N) is 1. The topological polar surface area (TPSA) is 99.4 Å². The summed E-state index contributed by atoms with van der Waals surface area (Å²) >= 11 is 0. The Bertz CT molecular complexity index is 1280. The fourth-order valence-corrected chi connectivity index (χ4v) is 3.34.